The molecule has 0 saturated carbocycles. The average Bonchev–Trinajstić information content (AvgIpc) is 2.48. The number of aromatic hydroxyl groups is 1. The molecule has 1 aromatic heterocycles. The fraction of sp³-hybridized carbons (Fsp3) is 0.111. The van der Waals surface area contributed by atoms with Crippen LogP contribution in [0.4, 0.5) is 5.69 Å². The number of hydrogen-bond donors (Lipinski definition) is 2. The SMILES string of the molecule is CSc1cc2cc(N)c(O)cc2s1. The van der Waals surface area contributed by atoms with Crippen LogP contribution in [0.5, 0.6) is 5.75 Å². The van der Waals surface area contributed by atoms with Gasteiger partial charge < -0.3 is 10.8 Å². The van der Waals surface area contributed by atoms with Crippen molar-refractivity contribution < 1.29 is 5.11 Å². The highest BCUT2D eigenvalue weighted by Crippen LogP contribution is 2.36. The number of phenols is 1. The van der Waals surface area contributed by atoms with Gasteiger partial charge in [-0.3, -0.25) is 0 Å². The molecule has 3 N–H and O–H groups in total. The summed E-state index contributed by atoms with van der Waals surface area (Å²) < 4.78 is 2.32. The molecule has 0 bridgehead atoms. The first-order chi connectivity index (χ1) is 6.20. The number of thioether (sulfide) groups is 1. The second kappa shape index (κ2) is 3.12. The fourth-order valence-corrected chi connectivity index (χ4v) is 2.83. The van der Waals surface area contributed by atoms with Crippen molar-refractivity contribution in [1.82, 2.24) is 0 Å². The molecule has 4 heteroatoms. The molecule has 0 aliphatic carbocycles. The Hall–Kier alpha value is -0.870. The number of rotatable bonds is 1. The first-order valence-electron chi connectivity index (χ1n) is 3.76. The van der Waals surface area contributed by atoms with Crippen molar-refractivity contribution in [2.24, 2.45) is 0 Å². The molecule has 0 aliphatic rings. The lowest BCUT2D eigenvalue weighted by Gasteiger charge is -1.96. The van der Waals surface area contributed by atoms with Gasteiger partial charge in [0, 0.05) is 4.70 Å². The van der Waals surface area contributed by atoms with Crippen LogP contribution in [0.1, 0.15) is 0 Å². The third kappa shape index (κ3) is 1.47. The van der Waals surface area contributed by atoms with E-state index in [4.69, 9.17) is 5.73 Å². The van der Waals surface area contributed by atoms with E-state index in [1.54, 1.807) is 35.2 Å². The first kappa shape index (κ1) is 8.72. The van der Waals surface area contributed by atoms with Gasteiger partial charge in [-0.25, -0.2) is 0 Å². The van der Waals surface area contributed by atoms with Crippen LogP contribution < -0.4 is 5.73 Å². The summed E-state index contributed by atoms with van der Waals surface area (Å²) in [7, 11) is 0. The van der Waals surface area contributed by atoms with Gasteiger partial charge in [0.1, 0.15) is 5.75 Å². The zero-order valence-electron chi connectivity index (χ0n) is 7.07. The molecule has 0 spiro atoms. The van der Waals surface area contributed by atoms with Gasteiger partial charge in [0.15, 0.2) is 0 Å². The van der Waals surface area contributed by atoms with Crippen LogP contribution in [0, 0.1) is 0 Å². The minimum Gasteiger partial charge on any atom is -0.506 e. The Labute approximate surface area is 84.4 Å². The zero-order chi connectivity index (χ0) is 9.42. The summed E-state index contributed by atoms with van der Waals surface area (Å²) in [5.74, 6) is 0.169. The van der Waals surface area contributed by atoms with Crippen molar-refractivity contribution in [1.29, 1.82) is 0 Å². The summed E-state index contributed by atoms with van der Waals surface area (Å²) in [6.45, 7) is 0. The number of nitrogens with two attached hydrogens (primary N) is 1. The highest BCUT2D eigenvalue weighted by atomic mass is 32.2. The molecule has 0 fully saturated rings. The Balaban J connectivity index is 2.70. The van der Waals surface area contributed by atoms with E-state index < -0.39 is 0 Å². The van der Waals surface area contributed by atoms with Gasteiger partial charge >= 0.3 is 0 Å². The molecule has 1 aromatic carbocycles. The van der Waals surface area contributed by atoms with Crippen molar-refractivity contribution in [3.63, 3.8) is 0 Å². The zero-order valence-corrected chi connectivity index (χ0v) is 8.71. The van der Waals surface area contributed by atoms with Gasteiger partial charge in [0.05, 0.1) is 9.90 Å². The van der Waals surface area contributed by atoms with E-state index in [0.717, 1.165) is 10.1 Å². The molecule has 2 nitrogen and oxygen atoms in total. The summed E-state index contributed by atoms with van der Waals surface area (Å²) in [5.41, 5.74) is 6.03. The molecular weight excluding hydrogens is 202 g/mol. The monoisotopic (exact) mass is 211 g/mol. The molecular formula is C9H9NOS2. The molecule has 0 saturated heterocycles. The molecule has 0 radical (unpaired) electrons. The average molecular weight is 211 g/mol. The lowest BCUT2D eigenvalue weighted by atomic mass is 10.2. The van der Waals surface area contributed by atoms with E-state index in [-0.39, 0.29) is 5.75 Å². The molecule has 13 heavy (non-hydrogen) atoms. The number of fused-ring (bicyclic) bond motifs is 1. The highest BCUT2D eigenvalue weighted by molar-refractivity contribution is 8.00. The normalized spacial score (nSPS) is 10.8. The van der Waals surface area contributed by atoms with Gasteiger partial charge in [-0.05, 0) is 29.8 Å². The first-order valence-corrected chi connectivity index (χ1v) is 5.81. The highest BCUT2D eigenvalue weighted by Gasteiger charge is 2.04. The summed E-state index contributed by atoms with van der Waals surface area (Å²) >= 11 is 3.37. The minimum absolute atomic E-state index is 0.169. The number of hydrogen-bond acceptors (Lipinski definition) is 4. The number of nitrogen functional groups attached to an aromatic ring is 1. The van der Waals surface area contributed by atoms with Crippen molar-refractivity contribution >= 4 is 38.9 Å². The minimum atomic E-state index is 0.169. The van der Waals surface area contributed by atoms with E-state index in [1.807, 2.05) is 6.26 Å². The van der Waals surface area contributed by atoms with Gasteiger partial charge in [-0.2, -0.15) is 0 Å². The Bertz CT molecular complexity index is 411. The van der Waals surface area contributed by atoms with E-state index >= 15 is 0 Å². The molecule has 0 aliphatic heterocycles. The maximum absolute atomic E-state index is 9.37. The van der Waals surface area contributed by atoms with Crippen LogP contribution in [-0.4, -0.2) is 11.4 Å². The van der Waals surface area contributed by atoms with Crippen molar-refractivity contribution in [2.75, 3.05) is 12.0 Å². The Morgan fingerprint density at radius 1 is 1.38 bits per heavy atom. The third-order valence-electron chi connectivity index (χ3n) is 1.84. The number of anilines is 1. The van der Waals surface area contributed by atoms with Gasteiger partial charge in [-0.15, -0.1) is 23.1 Å². The van der Waals surface area contributed by atoms with Crippen molar-refractivity contribution in [3.8, 4) is 5.75 Å². The number of benzene rings is 1. The molecule has 0 atom stereocenters. The van der Waals surface area contributed by atoms with Gasteiger partial charge in [0.2, 0.25) is 0 Å². The lowest BCUT2D eigenvalue weighted by Crippen LogP contribution is -1.83. The van der Waals surface area contributed by atoms with Crippen LogP contribution in [0.25, 0.3) is 10.1 Å². The topological polar surface area (TPSA) is 46.2 Å². The van der Waals surface area contributed by atoms with Crippen LogP contribution in [0.15, 0.2) is 22.4 Å². The summed E-state index contributed by atoms with van der Waals surface area (Å²) in [4.78, 5) is 0. The molecule has 0 amide bonds. The quantitative estimate of drug-likeness (QED) is 0.433. The second-order valence-corrected chi connectivity index (χ2v) is 4.91. The molecule has 2 rings (SSSR count). The smallest absolute Gasteiger partial charge is 0.139 e. The maximum atomic E-state index is 9.37. The molecule has 1 heterocycles. The van der Waals surface area contributed by atoms with Crippen molar-refractivity contribution in [3.05, 3.63) is 18.2 Å². The second-order valence-electron chi connectivity index (χ2n) is 2.72. The largest absolute Gasteiger partial charge is 0.506 e. The lowest BCUT2D eigenvalue weighted by molar-refractivity contribution is 0.479. The molecule has 68 valence electrons. The van der Waals surface area contributed by atoms with Crippen LogP contribution >= 0.6 is 23.1 Å². The van der Waals surface area contributed by atoms with E-state index in [1.165, 1.54) is 4.21 Å². The predicted molar refractivity (Wildman–Crippen MR) is 59.7 cm³/mol. The van der Waals surface area contributed by atoms with E-state index in [9.17, 15) is 5.11 Å². The van der Waals surface area contributed by atoms with Crippen LogP contribution in [-0.2, 0) is 0 Å². The fourth-order valence-electron chi connectivity index (χ4n) is 1.17. The Kier molecular flexibility index (Phi) is 2.09. The molecule has 0 unspecified atom stereocenters. The van der Waals surface area contributed by atoms with Gasteiger partial charge in [0.25, 0.3) is 0 Å². The molecule has 2 aromatic rings. The Morgan fingerprint density at radius 2 is 2.15 bits per heavy atom. The van der Waals surface area contributed by atoms with Crippen LogP contribution in [0.2, 0.25) is 0 Å². The summed E-state index contributed by atoms with van der Waals surface area (Å²) in [6, 6.07) is 5.61. The number of phenolic OH excluding ortho intramolecular Hbond substituents is 1. The van der Waals surface area contributed by atoms with E-state index in [0.29, 0.717) is 5.69 Å². The summed E-state index contributed by atoms with van der Waals surface area (Å²) in [6.07, 6.45) is 2.04. The van der Waals surface area contributed by atoms with Crippen LogP contribution in [0.3, 0.4) is 0 Å². The Morgan fingerprint density at radius 3 is 2.85 bits per heavy atom. The maximum Gasteiger partial charge on any atom is 0.139 e. The number of thiophene rings is 1. The summed E-state index contributed by atoms with van der Waals surface area (Å²) in [5, 5.41) is 10.5. The van der Waals surface area contributed by atoms with Gasteiger partial charge in [-0.1, -0.05) is 0 Å². The van der Waals surface area contributed by atoms with Crippen molar-refractivity contribution in [2.45, 2.75) is 4.21 Å². The van der Waals surface area contributed by atoms with E-state index in [2.05, 4.69) is 6.07 Å². The standard InChI is InChI=1S/C9H9NOS2/c1-12-9-3-5-2-6(10)7(11)4-8(5)13-9/h2-4,11H,10H2,1H3. The third-order valence-corrected chi connectivity index (χ3v) is 4.01. The predicted octanol–water partition coefficient (Wildman–Crippen LogP) is 2.91.